The second-order valence-electron chi connectivity index (χ2n) is 7.19. The standard InChI is InChI=1S/C20H28N4O4/c1-3-28-20(27)15-4-6-16(7-5-15)24-18(25)14-17(19(24)26)21-8-9-23-12-10-22(2)11-13-23/h4-7,17,21H,3,8-14H2,1-2H3. The number of piperazine rings is 1. The van der Waals surface area contributed by atoms with Crippen LogP contribution >= 0.6 is 0 Å². The summed E-state index contributed by atoms with van der Waals surface area (Å²) in [6, 6.07) is 5.86. The first-order valence-electron chi connectivity index (χ1n) is 9.78. The van der Waals surface area contributed by atoms with E-state index < -0.39 is 12.0 Å². The fraction of sp³-hybridized carbons (Fsp3) is 0.550. The quantitative estimate of drug-likeness (QED) is 0.533. The van der Waals surface area contributed by atoms with Crippen LogP contribution in [0.25, 0.3) is 0 Å². The molecule has 0 radical (unpaired) electrons. The average molecular weight is 388 g/mol. The number of amides is 2. The van der Waals surface area contributed by atoms with Crippen LogP contribution < -0.4 is 10.2 Å². The van der Waals surface area contributed by atoms with Gasteiger partial charge in [0, 0.05) is 39.3 Å². The van der Waals surface area contributed by atoms with Gasteiger partial charge in [-0.3, -0.25) is 14.5 Å². The number of likely N-dealkylation sites (N-methyl/N-ethyl adjacent to an activating group) is 1. The highest BCUT2D eigenvalue weighted by Gasteiger charge is 2.39. The predicted molar refractivity (Wildman–Crippen MR) is 105 cm³/mol. The van der Waals surface area contributed by atoms with Gasteiger partial charge in [0.1, 0.15) is 0 Å². The lowest BCUT2D eigenvalue weighted by atomic mass is 10.2. The van der Waals surface area contributed by atoms with Gasteiger partial charge in [-0.1, -0.05) is 0 Å². The van der Waals surface area contributed by atoms with E-state index in [4.69, 9.17) is 4.74 Å². The number of imide groups is 1. The highest BCUT2D eigenvalue weighted by atomic mass is 16.5. The number of ether oxygens (including phenoxy) is 1. The van der Waals surface area contributed by atoms with Crippen molar-refractivity contribution in [3.05, 3.63) is 29.8 Å². The van der Waals surface area contributed by atoms with Crippen LogP contribution in [-0.4, -0.2) is 86.5 Å². The second-order valence-corrected chi connectivity index (χ2v) is 7.19. The normalized spacial score (nSPS) is 21.4. The maximum Gasteiger partial charge on any atom is 0.338 e. The van der Waals surface area contributed by atoms with Crippen molar-refractivity contribution in [2.24, 2.45) is 0 Å². The topological polar surface area (TPSA) is 82.2 Å². The van der Waals surface area contributed by atoms with Crippen LogP contribution in [0.3, 0.4) is 0 Å². The smallest absolute Gasteiger partial charge is 0.338 e. The van der Waals surface area contributed by atoms with Gasteiger partial charge < -0.3 is 15.0 Å². The molecule has 152 valence electrons. The Morgan fingerprint density at radius 1 is 1.14 bits per heavy atom. The van der Waals surface area contributed by atoms with E-state index in [1.807, 2.05) is 0 Å². The van der Waals surface area contributed by atoms with Crippen LogP contribution in [0.2, 0.25) is 0 Å². The summed E-state index contributed by atoms with van der Waals surface area (Å²) in [7, 11) is 2.12. The molecule has 8 nitrogen and oxygen atoms in total. The highest BCUT2D eigenvalue weighted by Crippen LogP contribution is 2.23. The lowest BCUT2D eigenvalue weighted by molar-refractivity contribution is -0.121. The van der Waals surface area contributed by atoms with E-state index >= 15 is 0 Å². The van der Waals surface area contributed by atoms with Gasteiger partial charge in [-0.15, -0.1) is 0 Å². The Morgan fingerprint density at radius 2 is 1.82 bits per heavy atom. The maximum absolute atomic E-state index is 12.7. The molecule has 1 unspecified atom stereocenters. The Morgan fingerprint density at radius 3 is 2.46 bits per heavy atom. The van der Waals surface area contributed by atoms with Crippen molar-refractivity contribution < 1.29 is 19.1 Å². The van der Waals surface area contributed by atoms with E-state index in [2.05, 4.69) is 22.2 Å². The van der Waals surface area contributed by atoms with Crippen molar-refractivity contribution in [1.29, 1.82) is 0 Å². The number of nitrogens with zero attached hydrogens (tertiary/aromatic N) is 3. The van der Waals surface area contributed by atoms with E-state index in [1.165, 1.54) is 4.90 Å². The van der Waals surface area contributed by atoms with Gasteiger partial charge in [-0.25, -0.2) is 9.69 Å². The molecule has 1 aromatic carbocycles. The molecule has 0 spiro atoms. The molecule has 2 fully saturated rings. The number of anilines is 1. The zero-order valence-electron chi connectivity index (χ0n) is 16.5. The summed E-state index contributed by atoms with van der Waals surface area (Å²) in [6.45, 7) is 7.72. The van der Waals surface area contributed by atoms with Gasteiger partial charge in [-0.05, 0) is 38.2 Å². The molecule has 0 bridgehead atoms. The zero-order chi connectivity index (χ0) is 20.1. The summed E-state index contributed by atoms with van der Waals surface area (Å²) >= 11 is 0. The van der Waals surface area contributed by atoms with Crippen LogP contribution in [0.5, 0.6) is 0 Å². The number of rotatable bonds is 7. The zero-order valence-corrected chi connectivity index (χ0v) is 16.5. The molecule has 1 aromatic rings. The van der Waals surface area contributed by atoms with Gasteiger partial charge >= 0.3 is 5.97 Å². The Kier molecular flexibility index (Phi) is 6.77. The molecule has 2 aliphatic rings. The fourth-order valence-corrected chi connectivity index (χ4v) is 3.49. The number of nitrogens with one attached hydrogen (secondary N) is 1. The first-order chi connectivity index (χ1) is 13.5. The third kappa shape index (κ3) is 4.76. The fourth-order valence-electron chi connectivity index (χ4n) is 3.49. The number of benzene rings is 1. The lowest BCUT2D eigenvalue weighted by Crippen LogP contribution is -2.48. The van der Waals surface area contributed by atoms with Crippen LogP contribution in [0.15, 0.2) is 24.3 Å². The van der Waals surface area contributed by atoms with E-state index in [1.54, 1.807) is 31.2 Å². The summed E-state index contributed by atoms with van der Waals surface area (Å²) in [6.07, 6.45) is 0.154. The molecule has 3 rings (SSSR count). The summed E-state index contributed by atoms with van der Waals surface area (Å²) in [5.41, 5.74) is 0.873. The summed E-state index contributed by atoms with van der Waals surface area (Å²) < 4.78 is 4.95. The van der Waals surface area contributed by atoms with Gasteiger partial charge in [-0.2, -0.15) is 0 Å². The van der Waals surface area contributed by atoms with Crippen molar-refractivity contribution in [3.8, 4) is 0 Å². The molecule has 2 amide bonds. The molecule has 0 saturated carbocycles. The van der Waals surface area contributed by atoms with Gasteiger partial charge in [0.05, 0.1) is 30.3 Å². The van der Waals surface area contributed by atoms with Crippen LogP contribution in [-0.2, 0) is 14.3 Å². The van der Waals surface area contributed by atoms with Gasteiger partial charge in [0.2, 0.25) is 5.91 Å². The third-order valence-electron chi connectivity index (χ3n) is 5.20. The van der Waals surface area contributed by atoms with Crippen LogP contribution in [0.1, 0.15) is 23.7 Å². The number of hydrogen-bond acceptors (Lipinski definition) is 7. The highest BCUT2D eigenvalue weighted by molar-refractivity contribution is 6.22. The third-order valence-corrected chi connectivity index (χ3v) is 5.20. The molecule has 0 aliphatic carbocycles. The van der Waals surface area contributed by atoms with Crippen LogP contribution in [0, 0.1) is 0 Å². The van der Waals surface area contributed by atoms with Crippen molar-refractivity contribution >= 4 is 23.5 Å². The van der Waals surface area contributed by atoms with Crippen molar-refractivity contribution in [2.75, 3.05) is 57.8 Å². The van der Waals surface area contributed by atoms with E-state index in [-0.39, 0.29) is 18.2 Å². The largest absolute Gasteiger partial charge is 0.462 e. The number of esters is 1. The molecule has 2 heterocycles. The molecule has 2 aliphatic heterocycles. The minimum Gasteiger partial charge on any atom is -0.462 e. The maximum atomic E-state index is 12.7. The first-order valence-corrected chi connectivity index (χ1v) is 9.78. The van der Waals surface area contributed by atoms with Crippen molar-refractivity contribution in [1.82, 2.24) is 15.1 Å². The molecule has 1 N–H and O–H groups in total. The predicted octanol–water partition coefficient (Wildman–Crippen LogP) is 0.332. The summed E-state index contributed by atoms with van der Waals surface area (Å²) in [5, 5.41) is 3.22. The molecule has 8 heteroatoms. The number of carbonyl (C=O) groups excluding carboxylic acids is 3. The second kappa shape index (κ2) is 9.27. The lowest BCUT2D eigenvalue weighted by Gasteiger charge is -2.32. The molecular formula is C20H28N4O4. The first kappa shape index (κ1) is 20.4. The minimum absolute atomic E-state index is 0.154. The SMILES string of the molecule is CCOC(=O)c1ccc(N2C(=O)CC(NCCN3CCN(C)CC3)C2=O)cc1. The van der Waals surface area contributed by atoms with Gasteiger partial charge in [0.25, 0.3) is 5.91 Å². The monoisotopic (exact) mass is 388 g/mol. The molecule has 0 aromatic heterocycles. The van der Waals surface area contributed by atoms with Gasteiger partial charge in [0.15, 0.2) is 0 Å². The molecule has 1 atom stereocenters. The summed E-state index contributed by atoms with van der Waals surface area (Å²) in [4.78, 5) is 42.7. The Labute approximate surface area is 165 Å². The molecular weight excluding hydrogens is 360 g/mol. The Bertz CT molecular complexity index is 713. The summed E-state index contributed by atoms with van der Waals surface area (Å²) in [5.74, 6) is -0.894. The van der Waals surface area contributed by atoms with Crippen molar-refractivity contribution in [3.63, 3.8) is 0 Å². The van der Waals surface area contributed by atoms with E-state index in [0.29, 0.717) is 24.4 Å². The van der Waals surface area contributed by atoms with E-state index in [9.17, 15) is 14.4 Å². The minimum atomic E-state index is -0.496. The number of carbonyl (C=O) groups is 3. The molecule has 2 saturated heterocycles. The number of hydrogen-bond donors (Lipinski definition) is 1. The Balaban J connectivity index is 1.53. The molecule has 28 heavy (non-hydrogen) atoms. The average Bonchev–Trinajstić information content (AvgIpc) is 2.97. The van der Waals surface area contributed by atoms with Crippen LogP contribution in [0.4, 0.5) is 5.69 Å². The van der Waals surface area contributed by atoms with E-state index in [0.717, 1.165) is 32.7 Å². The Hall–Kier alpha value is -2.29. The van der Waals surface area contributed by atoms with Crippen molar-refractivity contribution in [2.45, 2.75) is 19.4 Å².